The van der Waals surface area contributed by atoms with Gasteiger partial charge < -0.3 is 4.74 Å². The predicted octanol–water partition coefficient (Wildman–Crippen LogP) is 4.55. The van der Waals surface area contributed by atoms with Crippen LogP contribution < -0.4 is 4.74 Å². The molecule has 8 nitrogen and oxygen atoms in total. The van der Waals surface area contributed by atoms with E-state index in [0.717, 1.165) is 0 Å². The third-order valence-electron chi connectivity index (χ3n) is 3.67. The van der Waals surface area contributed by atoms with Gasteiger partial charge in [-0.15, -0.1) is 5.10 Å². The molecule has 0 bridgehead atoms. The van der Waals surface area contributed by atoms with Gasteiger partial charge in [0.15, 0.2) is 0 Å². The Balaban J connectivity index is 2.28. The zero-order chi connectivity index (χ0) is 20.3. The first-order valence-corrected chi connectivity index (χ1v) is 9.03. The molecule has 3 aromatic rings. The maximum atomic E-state index is 11.8. The van der Waals surface area contributed by atoms with E-state index < -0.39 is 15.5 Å². The van der Waals surface area contributed by atoms with Crippen LogP contribution in [-0.2, 0) is 0 Å². The summed E-state index contributed by atoms with van der Waals surface area (Å²) in [5.74, 6) is 0.427. The van der Waals surface area contributed by atoms with Crippen LogP contribution in [0.3, 0.4) is 0 Å². The molecule has 144 valence electrons. The van der Waals surface area contributed by atoms with E-state index in [2.05, 4.69) is 15.3 Å². The van der Waals surface area contributed by atoms with E-state index in [1.54, 1.807) is 48.5 Å². The number of nitro groups is 1. The van der Waals surface area contributed by atoms with Crippen molar-refractivity contribution in [2.45, 2.75) is 4.84 Å². The second-order valence-corrected chi connectivity index (χ2v) is 6.88. The summed E-state index contributed by atoms with van der Waals surface area (Å²) in [6.45, 7) is 0. The third-order valence-corrected chi connectivity index (χ3v) is 4.73. The van der Waals surface area contributed by atoms with Crippen LogP contribution in [0.15, 0.2) is 64.3 Å². The van der Waals surface area contributed by atoms with Gasteiger partial charge in [-0.2, -0.15) is 4.68 Å². The zero-order valence-electron chi connectivity index (χ0n) is 14.3. The van der Waals surface area contributed by atoms with Crippen LogP contribution in [-0.4, -0.2) is 37.7 Å². The Labute approximate surface area is 174 Å². The Morgan fingerprint density at radius 3 is 2.50 bits per heavy atom. The molecule has 0 N–H and O–H groups in total. The number of nitrogens with zero attached hydrogens (tertiary/aromatic N) is 5. The maximum Gasteiger partial charge on any atom is 0.330 e. The number of halogens is 3. The van der Waals surface area contributed by atoms with Crippen LogP contribution in [0.1, 0.15) is 0 Å². The molecule has 1 heterocycles. The molecule has 0 spiro atoms. The number of hydrogen-bond acceptors (Lipinski definition) is 6. The molecule has 11 heteroatoms. The van der Waals surface area contributed by atoms with Crippen molar-refractivity contribution in [1.82, 2.24) is 15.0 Å². The highest BCUT2D eigenvalue weighted by molar-refractivity contribution is 6.53. The molecule has 0 radical (unpaired) electrons. The highest BCUT2D eigenvalue weighted by atomic mass is 35.5. The molecule has 0 atom stereocenters. The van der Waals surface area contributed by atoms with Crippen molar-refractivity contribution in [3.05, 3.63) is 69.4 Å². The maximum absolute atomic E-state index is 11.8. The van der Waals surface area contributed by atoms with Crippen LogP contribution in [0.4, 0.5) is 5.69 Å². The molecular formula is C17H12Cl3N5O3. The van der Waals surface area contributed by atoms with Crippen molar-refractivity contribution in [1.29, 1.82) is 0 Å². The van der Waals surface area contributed by atoms with Gasteiger partial charge in [0.05, 0.1) is 23.2 Å². The van der Waals surface area contributed by atoms with Gasteiger partial charge >= 0.3 is 5.70 Å². The van der Waals surface area contributed by atoms with Gasteiger partial charge in [0, 0.05) is 0 Å². The first kappa shape index (κ1) is 20.1. The minimum absolute atomic E-state index is 0.180. The third kappa shape index (κ3) is 4.09. The Bertz CT molecular complexity index is 1080. The van der Waals surface area contributed by atoms with Gasteiger partial charge in [-0.05, 0) is 36.4 Å². The molecule has 3 rings (SSSR count). The SMILES string of the molecule is COc1ccc(N=C(/C(=C(\Cl)C(Cl)Cl)[N+](=O)[O-])n2nnc3ccccc32)cc1. The zero-order valence-corrected chi connectivity index (χ0v) is 16.6. The van der Waals surface area contributed by atoms with Crippen molar-refractivity contribution in [2.75, 3.05) is 7.11 Å². The molecule has 1 aromatic heterocycles. The highest BCUT2D eigenvalue weighted by Gasteiger charge is 2.31. The lowest BCUT2D eigenvalue weighted by Gasteiger charge is -2.08. The van der Waals surface area contributed by atoms with Crippen LogP contribution >= 0.6 is 34.8 Å². The summed E-state index contributed by atoms with van der Waals surface area (Å²) in [7, 11) is 1.53. The lowest BCUT2D eigenvalue weighted by Crippen LogP contribution is -2.23. The molecule has 2 aromatic carbocycles. The second kappa shape index (κ2) is 8.55. The Morgan fingerprint density at radius 2 is 1.89 bits per heavy atom. The molecule has 0 aliphatic carbocycles. The summed E-state index contributed by atoms with van der Waals surface area (Å²) >= 11 is 17.6. The monoisotopic (exact) mass is 439 g/mol. The van der Waals surface area contributed by atoms with Gasteiger partial charge in [0.1, 0.15) is 21.1 Å². The van der Waals surface area contributed by atoms with E-state index in [9.17, 15) is 10.1 Å². The number of aromatic nitrogens is 3. The van der Waals surface area contributed by atoms with Crippen molar-refractivity contribution in [3.8, 4) is 5.75 Å². The smallest absolute Gasteiger partial charge is 0.330 e. The molecule has 0 aliphatic rings. The van der Waals surface area contributed by atoms with E-state index >= 15 is 0 Å². The van der Waals surface area contributed by atoms with E-state index in [1.165, 1.54) is 11.8 Å². The van der Waals surface area contributed by atoms with Crippen molar-refractivity contribution < 1.29 is 9.66 Å². The van der Waals surface area contributed by atoms with Gasteiger partial charge in [-0.3, -0.25) is 10.1 Å². The Morgan fingerprint density at radius 1 is 1.21 bits per heavy atom. The molecule has 0 amide bonds. The average Bonchev–Trinajstić information content (AvgIpc) is 3.11. The molecule has 0 aliphatic heterocycles. The number of rotatable bonds is 5. The first-order valence-electron chi connectivity index (χ1n) is 7.78. The summed E-state index contributed by atoms with van der Waals surface area (Å²) in [4.78, 5) is 14.1. The highest BCUT2D eigenvalue weighted by Crippen LogP contribution is 2.27. The minimum atomic E-state index is -1.32. The number of hydrogen-bond donors (Lipinski definition) is 0. The van der Waals surface area contributed by atoms with Crippen molar-refractivity contribution in [3.63, 3.8) is 0 Å². The number of ether oxygens (including phenoxy) is 1. The Hall–Kier alpha value is -2.68. The summed E-state index contributed by atoms with van der Waals surface area (Å²) in [6, 6.07) is 13.5. The number of methoxy groups -OCH3 is 1. The van der Waals surface area contributed by atoms with Crippen LogP contribution in [0.5, 0.6) is 5.75 Å². The fourth-order valence-electron chi connectivity index (χ4n) is 2.38. The van der Waals surface area contributed by atoms with E-state index in [-0.39, 0.29) is 10.9 Å². The second-order valence-electron chi connectivity index (χ2n) is 5.38. The molecule has 28 heavy (non-hydrogen) atoms. The molecule has 0 fully saturated rings. The minimum Gasteiger partial charge on any atom is -0.497 e. The molecule has 0 saturated heterocycles. The Kier molecular flexibility index (Phi) is 6.13. The number of para-hydroxylation sites is 1. The first-order chi connectivity index (χ1) is 13.4. The predicted molar refractivity (Wildman–Crippen MR) is 108 cm³/mol. The quantitative estimate of drug-likeness (QED) is 0.191. The number of benzene rings is 2. The lowest BCUT2D eigenvalue weighted by molar-refractivity contribution is -0.416. The number of aliphatic imine (C=N–C) groups is 1. The van der Waals surface area contributed by atoms with Crippen LogP contribution in [0.2, 0.25) is 0 Å². The molecule has 0 saturated carbocycles. The van der Waals surface area contributed by atoms with Crippen molar-refractivity contribution >= 4 is 57.4 Å². The van der Waals surface area contributed by atoms with Crippen molar-refractivity contribution in [2.24, 2.45) is 4.99 Å². The fraction of sp³-hybridized carbons (Fsp3) is 0.118. The van der Waals surface area contributed by atoms with E-state index in [0.29, 0.717) is 22.5 Å². The van der Waals surface area contributed by atoms with Gasteiger partial charge in [-0.1, -0.05) is 52.1 Å². The fourth-order valence-corrected chi connectivity index (χ4v) is 2.74. The summed E-state index contributed by atoms with van der Waals surface area (Å²) in [5.41, 5.74) is 0.847. The summed E-state index contributed by atoms with van der Waals surface area (Å²) in [6.07, 6.45) is 0. The topological polar surface area (TPSA) is 95.4 Å². The molecule has 0 unspecified atom stereocenters. The van der Waals surface area contributed by atoms with Crippen LogP contribution in [0, 0.1) is 10.1 Å². The number of fused-ring (bicyclic) bond motifs is 1. The van der Waals surface area contributed by atoms with Gasteiger partial charge in [-0.25, -0.2) is 4.99 Å². The standard InChI is InChI=1S/C17H12Cl3N5O3/c1-28-11-8-6-10(7-9-11)21-17(15(25(26)27)14(18)16(19)20)24-13-5-3-2-4-12(13)22-23-24/h2-9,16H,1H3/b15-14+,21-17?. The van der Waals surface area contributed by atoms with E-state index in [1.807, 2.05) is 0 Å². The van der Waals surface area contributed by atoms with E-state index in [4.69, 9.17) is 39.5 Å². The molecular weight excluding hydrogens is 429 g/mol. The van der Waals surface area contributed by atoms with Gasteiger partial charge in [0.2, 0.25) is 5.84 Å². The summed E-state index contributed by atoms with van der Waals surface area (Å²) in [5, 5.41) is 19.4. The lowest BCUT2D eigenvalue weighted by atomic mass is 10.3. The number of allylic oxidation sites excluding steroid dienone is 2. The largest absolute Gasteiger partial charge is 0.497 e. The normalized spacial score (nSPS) is 13.0. The van der Waals surface area contributed by atoms with Crippen LogP contribution in [0.25, 0.3) is 11.0 Å². The van der Waals surface area contributed by atoms with Gasteiger partial charge in [0.25, 0.3) is 0 Å². The number of alkyl halides is 2. The average molecular weight is 441 g/mol. The summed E-state index contributed by atoms with van der Waals surface area (Å²) < 4.78 is 6.33.